The van der Waals surface area contributed by atoms with E-state index in [9.17, 15) is 30.3 Å². The van der Waals surface area contributed by atoms with Gasteiger partial charge in [0, 0.05) is 6.42 Å². The van der Waals surface area contributed by atoms with Crippen molar-refractivity contribution in [1.29, 1.82) is 0 Å². The van der Waals surface area contributed by atoms with Gasteiger partial charge in [-0.2, -0.15) is 0 Å². The zero-order chi connectivity index (χ0) is 43.0. The molecule has 1 aliphatic rings. The van der Waals surface area contributed by atoms with Crippen molar-refractivity contribution in [2.75, 3.05) is 13.2 Å². The predicted octanol–water partition coefficient (Wildman–Crippen LogP) is 11.3. The van der Waals surface area contributed by atoms with Crippen LogP contribution in [0.3, 0.4) is 0 Å². The Morgan fingerprint density at radius 2 is 0.932 bits per heavy atom. The summed E-state index contributed by atoms with van der Waals surface area (Å²) in [5.74, 6) is -0.172. The lowest BCUT2D eigenvalue weighted by atomic mass is 9.99. The summed E-state index contributed by atoms with van der Waals surface area (Å²) in [6.07, 6.45) is 41.2. The lowest BCUT2D eigenvalue weighted by Crippen LogP contribution is -2.60. The largest absolute Gasteiger partial charge is 0.394 e. The van der Waals surface area contributed by atoms with Crippen LogP contribution in [-0.2, 0) is 14.3 Å². The van der Waals surface area contributed by atoms with Crippen LogP contribution in [-0.4, -0.2) is 87.5 Å². The molecule has 0 unspecified atom stereocenters. The van der Waals surface area contributed by atoms with Crippen LogP contribution in [0.25, 0.3) is 0 Å². The van der Waals surface area contributed by atoms with E-state index in [1.807, 2.05) is 6.08 Å². The molecule has 1 amide bonds. The monoisotopic (exact) mass is 840 g/mol. The molecule has 0 aromatic heterocycles. The van der Waals surface area contributed by atoms with Crippen LogP contribution in [0, 0.1) is 0 Å². The standard InChI is InChI=1S/C50H97NO8/c1-3-5-7-9-11-13-15-17-18-19-20-21-22-23-24-25-26-28-30-32-34-36-38-40-46(54)51-43(42-58-50-49(57)48(56)47(55)45(41-52)59-50)44(53)39-37-35-33-31-29-27-16-14-12-10-8-6-4-2/h37,39,43-45,47-50,52-53,55-57H,3-36,38,40-42H2,1-2H3,(H,51,54)/b39-37+/t43-,44+,45+,47-,48-,49+,50-/m0/s1. The van der Waals surface area contributed by atoms with Crippen LogP contribution < -0.4 is 5.32 Å². The van der Waals surface area contributed by atoms with E-state index < -0.39 is 49.5 Å². The van der Waals surface area contributed by atoms with Gasteiger partial charge in [-0.25, -0.2) is 0 Å². The lowest BCUT2D eigenvalue weighted by Gasteiger charge is -2.40. The van der Waals surface area contributed by atoms with Gasteiger partial charge in [-0.15, -0.1) is 0 Å². The van der Waals surface area contributed by atoms with E-state index in [4.69, 9.17) is 9.47 Å². The average molecular weight is 840 g/mol. The van der Waals surface area contributed by atoms with E-state index >= 15 is 0 Å². The summed E-state index contributed by atoms with van der Waals surface area (Å²) in [5, 5.41) is 54.3. The van der Waals surface area contributed by atoms with Crippen molar-refractivity contribution in [1.82, 2.24) is 5.32 Å². The normalized spacial score (nSPS) is 20.7. The molecule has 0 aromatic rings. The van der Waals surface area contributed by atoms with E-state index in [1.54, 1.807) is 6.08 Å². The molecule has 0 spiro atoms. The van der Waals surface area contributed by atoms with Gasteiger partial charge in [0.05, 0.1) is 25.4 Å². The fourth-order valence-corrected chi connectivity index (χ4v) is 8.28. The van der Waals surface area contributed by atoms with Gasteiger partial charge in [-0.3, -0.25) is 4.79 Å². The first-order valence-electron chi connectivity index (χ1n) is 25.4. The number of rotatable bonds is 43. The molecule has 0 bridgehead atoms. The number of aliphatic hydroxyl groups is 5. The Bertz CT molecular complexity index is 935. The van der Waals surface area contributed by atoms with Gasteiger partial charge in [-0.05, 0) is 19.3 Å². The first-order chi connectivity index (χ1) is 28.8. The third-order valence-electron chi connectivity index (χ3n) is 12.4. The topological polar surface area (TPSA) is 149 Å². The molecule has 350 valence electrons. The minimum atomic E-state index is -1.56. The molecule has 1 fully saturated rings. The van der Waals surface area contributed by atoms with E-state index in [-0.39, 0.29) is 12.5 Å². The van der Waals surface area contributed by atoms with Crippen molar-refractivity contribution in [2.45, 2.75) is 288 Å². The van der Waals surface area contributed by atoms with Gasteiger partial charge in [-0.1, -0.05) is 231 Å². The summed E-state index contributed by atoms with van der Waals surface area (Å²) in [4.78, 5) is 13.0. The van der Waals surface area contributed by atoms with Crippen LogP contribution in [0.1, 0.15) is 245 Å². The lowest BCUT2D eigenvalue weighted by molar-refractivity contribution is -0.302. The third kappa shape index (κ3) is 31.4. The molecule has 0 aliphatic carbocycles. The summed E-state index contributed by atoms with van der Waals surface area (Å²) in [5.41, 5.74) is 0. The number of carbonyl (C=O) groups excluding carboxylic acids is 1. The Kier molecular flexibility index (Phi) is 38.9. The van der Waals surface area contributed by atoms with Crippen LogP contribution in [0.2, 0.25) is 0 Å². The summed E-state index contributed by atoms with van der Waals surface area (Å²) < 4.78 is 11.2. The minimum absolute atomic E-state index is 0.172. The highest BCUT2D eigenvalue weighted by Gasteiger charge is 2.44. The molecule has 0 saturated carbocycles. The molecule has 1 saturated heterocycles. The highest BCUT2D eigenvalue weighted by molar-refractivity contribution is 5.76. The highest BCUT2D eigenvalue weighted by Crippen LogP contribution is 2.23. The van der Waals surface area contributed by atoms with E-state index in [0.29, 0.717) is 6.42 Å². The Hall–Kier alpha value is -1.07. The second-order valence-electron chi connectivity index (χ2n) is 18.0. The zero-order valence-electron chi connectivity index (χ0n) is 38.5. The maximum atomic E-state index is 13.0. The number of aliphatic hydroxyl groups excluding tert-OH is 5. The van der Waals surface area contributed by atoms with Gasteiger partial charge in [0.2, 0.25) is 5.91 Å². The van der Waals surface area contributed by atoms with Crippen molar-refractivity contribution in [3.63, 3.8) is 0 Å². The van der Waals surface area contributed by atoms with Gasteiger partial charge in [0.25, 0.3) is 0 Å². The predicted molar refractivity (Wildman–Crippen MR) is 244 cm³/mol. The second kappa shape index (κ2) is 41.0. The molecule has 0 aromatic carbocycles. The zero-order valence-corrected chi connectivity index (χ0v) is 38.5. The van der Waals surface area contributed by atoms with Crippen molar-refractivity contribution < 1.29 is 39.8 Å². The molecule has 1 rings (SSSR count). The SMILES string of the molecule is CCCCCCCCCCCCC/C=C/[C@@H](O)[C@H](CO[C@H]1O[C@H](CO)[C@H](O)[C@H](O)[C@H]1O)NC(=O)CCCCCCCCCCCCCCCCCCCCCCCCC. The maximum absolute atomic E-state index is 13.0. The molecule has 0 radical (unpaired) electrons. The molecular weight excluding hydrogens is 743 g/mol. The number of amides is 1. The minimum Gasteiger partial charge on any atom is -0.394 e. The Labute approximate surface area is 363 Å². The van der Waals surface area contributed by atoms with Gasteiger partial charge < -0.3 is 40.3 Å². The van der Waals surface area contributed by atoms with Crippen LogP contribution in [0.4, 0.5) is 0 Å². The Morgan fingerprint density at radius 1 is 0.559 bits per heavy atom. The third-order valence-corrected chi connectivity index (χ3v) is 12.4. The summed E-state index contributed by atoms with van der Waals surface area (Å²) in [6.45, 7) is 3.79. The van der Waals surface area contributed by atoms with Crippen molar-refractivity contribution in [3.05, 3.63) is 12.2 Å². The molecule has 1 heterocycles. The molecule has 59 heavy (non-hydrogen) atoms. The number of unbranched alkanes of at least 4 members (excludes halogenated alkanes) is 33. The quantitative estimate of drug-likeness (QED) is 0.0263. The van der Waals surface area contributed by atoms with Crippen LogP contribution in [0.15, 0.2) is 12.2 Å². The fraction of sp³-hybridized carbons (Fsp3) is 0.940. The number of ether oxygens (including phenoxy) is 2. The number of hydrogen-bond acceptors (Lipinski definition) is 8. The first kappa shape index (κ1) is 55.9. The maximum Gasteiger partial charge on any atom is 0.220 e. The molecule has 1 aliphatic heterocycles. The number of carbonyl (C=O) groups is 1. The molecule has 7 atom stereocenters. The highest BCUT2D eigenvalue weighted by atomic mass is 16.7. The van der Waals surface area contributed by atoms with Crippen molar-refractivity contribution in [3.8, 4) is 0 Å². The number of nitrogens with one attached hydrogen (secondary N) is 1. The number of hydrogen-bond donors (Lipinski definition) is 6. The molecule has 6 N–H and O–H groups in total. The van der Waals surface area contributed by atoms with Crippen LogP contribution in [0.5, 0.6) is 0 Å². The summed E-state index contributed by atoms with van der Waals surface area (Å²) in [6, 6.07) is -0.798. The average Bonchev–Trinajstić information content (AvgIpc) is 3.23. The molecule has 9 heteroatoms. The van der Waals surface area contributed by atoms with Crippen molar-refractivity contribution in [2.24, 2.45) is 0 Å². The fourth-order valence-electron chi connectivity index (χ4n) is 8.28. The van der Waals surface area contributed by atoms with E-state index in [1.165, 1.54) is 186 Å². The number of allylic oxidation sites excluding steroid dienone is 1. The smallest absolute Gasteiger partial charge is 0.220 e. The van der Waals surface area contributed by atoms with E-state index in [2.05, 4.69) is 19.2 Å². The Morgan fingerprint density at radius 3 is 1.32 bits per heavy atom. The van der Waals surface area contributed by atoms with Gasteiger partial charge >= 0.3 is 0 Å². The molecular formula is C50H97NO8. The summed E-state index contributed by atoms with van der Waals surface area (Å²) >= 11 is 0. The van der Waals surface area contributed by atoms with Gasteiger partial charge in [0.15, 0.2) is 6.29 Å². The Balaban J connectivity index is 2.24. The second-order valence-corrected chi connectivity index (χ2v) is 18.0. The first-order valence-corrected chi connectivity index (χ1v) is 25.4. The van der Waals surface area contributed by atoms with Crippen LogP contribution >= 0.6 is 0 Å². The molecule has 9 nitrogen and oxygen atoms in total. The summed E-state index contributed by atoms with van der Waals surface area (Å²) in [7, 11) is 0. The van der Waals surface area contributed by atoms with Gasteiger partial charge in [0.1, 0.15) is 24.4 Å². The van der Waals surface area contributed by atoms with Crippen molar-refractivity contribution >= 4 is 5.91 Å². The van der Waals surface area contributed by atoms with E-state index in [0.717, 1.165) is 38.5 Å².